The molecule has 0 radical (unpaired) electrons. The Bertz CT molecular complexity index is 377. The molecule has 16 heavy (non-hydrogen) atoms. The van der Waals surface area contributed by atoms with Crippen molar-refractivity contribution in [2.75, 3.05) is 29.9 Å². The SMILES string of the molecule is Cc1ncnc(N2CCOC(CBr)C2)c1F. The predicted octanol–water partition coefficient (Wildman–Crippen LogP) is 1.52. The Labute approximate surface area is 102 Å². The van der Waals surface area contributed by atoms with Crippen molar-refractivity contribution < 1.29 is 9.13 Å². The normalized spacial score (nSPS) is 21.2. The quantitative estimate of drug-likeness (QED) is 0.774. The van der Waals surface area contributed by atoms with E-state index in [2.05, 4.69) is 25.9 Å². The number of nitrogens with zero attached hydrogens (tertiary/aromatic N) is 3. The van der Waals surface area contributed by atoms with Crippen LogP contribution in [0.4, 0.5) is 10.2 Å². The average Bonchev–Trinajstić information content (AvgIpc) is 2.33. The van der Waals surface area contributed by atoms with Crippen LogP contribution in [0, 0.1) is 12.7 Å². The van der Waals surface area contributed by atoms with E-state index in [9.17, 15) is 4.39 Å². The first-order valence-electron chi connectivity index (χ1n) is 5.12. The highest BCUT2D eigenvalue weighted by molar-refractivity contribution is 9.09. The van der Waals surface area contributed by atoms with Crippen molar-refractivity contribution in [1.82, 2.24) is 9.97 Å². The minimum Gasteiger partial charge on any atom is -0.374 e. The molecule has 0 N–H and O–H groups in total. The second kappa shape index (κ2) is 5.05. The van der Waals surface area contributed by atoms with Gasteiger partial charge in [-0.2, -0.15) is 0 Å². The summed E-state index contributed by atoms with van der Waals surface area (Å²) in [7, 11) is 0. The molecule has 0 saturated carbocycles. The summed E-state index contributed by atoms with van der Waals surface area (Å²) in [5.74, 6) is 0.0412. The van der Waals surface area contributed by atoms with Crippen LogP contribution in [0.25, 0.3) is 0 Å². The molecule has 2 rings (SSSR count). The lowest BCUT2D eigenvalue weighted by Crippen LogP contribution is -2.44. The number of anilines is 1. The molecular formula is C10H13BrFN3O. The van der Waals surface area contributed by atoms with Gasteiger partial charge >= 0.3 is 0 Å². The lowest BCUT2D eigenvalue weighted by Gasteiger charge is -2.33. The largest absolute Gasteiger partial charge is 0.374 e. The van der Waals surface area contributed by atoms with Gasteiger partial charge in [0.1, 0.15) is 6.33 Å². The van der Waals surface area contributed by atoms with Crippen LogP contribution < -0.4 is 4.90 Å². The highest BCUT2D eigenvalue weighted by Gasteiger charge is 2.23. The van der Waals surface area contributed by atoms with Gasteiger partial charge in [-0.3, -0.25) is 0 Å². The molecule has 1 aliphatic rings. The molecule has 88 valence electrons. The second-order valence-corrected chi connectivity index (χ2v) is 4.34. The van der Waals surface area contributed by atoms with Crippen LogP contribution in [-0.2, 0) is 4.74 Å². The predicted molar refractivity (Wildman–Crippen MR) is 62.5 cm³/mol. The van der Waals surface area contributed by atoms with Gasteiger partial charge in [0.2, 0.25) is 0 Å². The van der Waals surface area contributed by atoms with Crippen molar-refractivity contribution >= 4 is 21.7 Å². The number of aryl methyl sites for hydroxylation is 1. The van der Waals surface area contributed by atoms with E-state index in [1.165, 1.54) is 6.33 Å². The van der Waals surface area contributed by atoms with Crippen LogP contribution in [0.15, 0.2) is 6.33 Å². The summed E-state index contributed by atoms with van der Waals surface area (Å²) >= 11 is 3.37. The molecule has 0 aliphatic carbocycles. The van der Waals surface area contributed by atoms with E-state index in [0.29, 0.717) is 31.2 Å². The first-order valence-corrected chi connectivity index (χ1v) is 6.24. The number of ether oxygens (including phenoxy) is 1. The molecule has 1 atom stereocenters. The third kappa shape index (κ3) is 2.32. The first kappa shape index (κ1) is 11.7. The highest BCUT2D eigenvalue weighted by Crippen LogP contribution is 2.20. The minimum atomic E-state index is -0.335. The topological polar surface area (TPSA) is 38.2 Å². The summed E-state index contributed by atoms with van der Waals surface area (Å²) in [4.78, 5) is 9.72. The Balaban J connectivity index is 2.20. The number of aromatic nitrogens is 2. The molecule has 1 fully saturated rings. The summed E-state index contributed by atoms with van der Waals surface area (Å²) in [6.45, 7) is 3.55. The number of morpholine rings is 1. The van der Waals surface area contributed by atoms with E-state index in [4.69, 9.17) is 4.74 Å². The van der Waals surface area contributed by atoms with Crippen LogP contribution in [0.1, 0.15) is 5.69 Å². The van der Waals surface area contributed by atoms with Gasteiger partial charge < -0.3 is 9.64 Å². The molecule has 0 bridgehead atoms. The van der Waals surface area contributed by atoms with Crippen LogP contribution >= 0.6 is 15.9 Å². The number of rotatable bonds is 2. The summed E-state index contributed by atoms with van der Waals surface area (Å²) in [5.41, 5.74) is 0.381. The van der Waals surface area contributed by atoms with Crippen molar-refractivity contribution in [2.24, 2.45) is 0 Å². The van der Waals surface area contributed by atoms with E-state index in [-0.39, 0.29) is 11.9 Å². The molecule has 1 aliphatic heterocycles. The third-order valence-corrected chi connectivity index (χ3v) is 3.28. The fourth-order valence-corrected chi connectivity index (χ4v) is 2.06. The zero-order valence-electron chi connectivity index (χ0n) is 8.99. The van der Waals surface area contributed by atoms with Gasteiger partial charge in [-0.15, -0.1) is 0 Å². The average molecular weight is 290 g/mol. The van der Waals surface area contributed by atoms with Gasteiger partial charge in [0.25, 0.3) is 0 Å². The summed E-state index contributed by atoms with van der Waals surface area (Å²) in [6, 6.07) is 0. The zero-order chi connectivity index (χ0) is 11.5. The Hall–Kier alpha value is -0.750. The van der Waals surface area contributed by atoms with Gasteiger partial charge in [-0.25, -0.2) is 14.4 Å². The van der Waals surface area contributed by atoms with Crippen molar-refractivity contribution in [3.8, 4) is 0 Å². The van der Waals surface area contributed by atoms with Crippen molar-refractivity contribution in [1.29, 1.82) is 0 Å². The molecule has 1 aromatic heterocycles. The molecule has 2 heterocycles. The molecule has 6 heteroatoms. The van der Waals surface area contributed by atoms with Crippen LogP contribution in [-0.4, -0.2) is 41.1 Å². The van der Waals surface area contributed by atoms with E-state index >= 15 is 0 Å². The lowest BCUT2D eigenvalue weighted by atomic mass is 10.3. The van der Waals surface area contributed by atoms with E-state index in [1.54, 1.807) is 6.92 Å². The standard InChI is InChI=1S/C10H13BrFN3O/c1-7-9(12)10(14-6-13-7)15-2-3-16-8(4-11)5-15/h6,8H,2-5H2,1H3. The fourth-order valence-electron chi connectivity index (χ4n) is 1.67. The molecule has 1 aromatic rings. The number of halogens is 2. The van der Waals surface area contributed by atoms with Crippen molar-refractivity contribution in [3.63, 3.8) is 0 Å². The number of alkyl halides is 1. The zero-order valence-corrected chi connectivity index (χ0v) is 10.6. The van der Waals surface area contributed by atoms with Crippen LogP contribution in [0.5, 0.6) is 0 Å². The molecule has 4 nitrogen and oxygen atoms in total. The van der Waals surface area contributed by atoms with Crippen LogP contribution in [0.2, 0.25) is 0 Å². The van der Waals surface area contributed by atoms with Gasteiger partial charge in [0, 0.05) is 18.4 Å². The minimum absolute atomic E-state index is 0.0865. The second-order valence-electron chi connectivity index (χ2n) is 3.69. The van der Waals surface area contributed by atoms with E-state index < -0.39 is 0 Å². The smallest absolute Gasteiger partial charge is 0.186 e. The summed E-state index contributed by atoms with van der Waals surface area (Å²) in [6.07, 6.45) is 1.48. The monoisotopic (exact) mass is 289 g/mol. The van der Waals surface area contributed by atoms with Gasteiger partial charge in [-0.05, 0) is 6.92 Å². The van der Waals surface area contributed by atoms with E-state index in [1.807, 2.05) is 4.90 Å². The summed E-state index contributed by atoms with van der Waals surface area (Å²) < 4.78 is 19.3. The molecule has 0 aromatic carbocycles. The molecule has 1 unspecified atom stereocenters. The maximum absolute atomic E-state index is 13.8. The van der Waals surface area contributed by atoms with Gasteiger partial charge in [0.15, 0.2) is 11.6 Å². The molecule has 1 saturated heterocycles. The Kier molecular flexibility index (Phi) is 3.70. The Morgan fingerprint density at radius 2 is 2.44 bits per heavy atom. The van der Waals surface area contributed by atoms with Gasteiger partial charge in [0.05, 0.1) is 18.4 Å². The maximum atomic E-state index is 13.8. The van der Waals surface area contributed by atoms with Crippen molar-refractivity contribution in [2.45, 2.75) is 13.0 Å². The third-order valence-electron chi connectivity index (χ3n) is 2.56. The van der Waals surface area contributed by atoms with Gasteiger partial charge in [-0.1, -0.05) is 15.9 Å². The van der Waals surface area contributed by atoms with Crippen LogP contribution in [0.3, 0.4) is 0 Å². The molecular weight excluding hydrogens is 277 g/mol. The molecule has 0 spiro atoms. The number of hydrogen-bond donors (Lipinski definition) is 0. The lowest BCUT2D eigenvalue weighted by molar-refractivity contribution is 0.0565. The first-order chi connectivity index (χ1) is 7.72. The Morgan fingerprint density at radius 1 is 1.62 bits per heavy atom. The summed E-state index contributed by atoms with van der Waals surface area (Å²) in [5, 5.41) is 0.745. The van der Waals surface area contributed by atoms with Crippen molar-refractivity contribution in [3.05, 3.63) is 17.8 Å². The fraction of sp³-hybridized carbons (Fsp3) is 0.600. The number of hydrogen-bond acceptors (Lipinski definition) is 4. The van der Waals surface area contributed by atoms with E-state index in [0.717, 1.165) is 5.33 Å². The highest BCUT2D eigenvalue weighted by atomic mass is 79.9. The Morgan fingerprint density at radius 3 is 3.19 bits per heavy atom. The maximum Gasteiger partial charge on any atom is 0.186 e. The molecule has 0 amide bonds.